The Morgan fingerprint density at radius 3 is 2.42 bits per heavy atom. The summed E-state index contributed by atoms with van der Waals surface area (Å²) in [6.07, 6.45) is 4.71. The normalized spacial score (nSPS) is 18.4. The first-order valence-corrected chi connectivity index (χ1v) is 11.1. The predicted octanol–water partition coefficient (Wildman–Crippen LogP) is 5.75. The number of fused-ring (bicyclic) bond motifs is 1. The number of nitrogens with one attached hydrogen (secondary N) is 2. The molecular weight excluding hydrogens is 406 g/mol. The quantitative estimate of drug-likeness (QED) is 0.491. The summed E-state index contributed by atoms with van der Waals surface area (Å²) in [6.45, 7) is 1.87. The molecule has 1 aliphatic rings. The van der Waals surface area contributed by atoms with E-state index in [4.69, 9.17) is 21.6 Å². The van der Waals surface area contributed by atoms with E-state index in [1.807, 2.05) is 44.4 Å². The van der Waals surface area contributed by atoms with Crippen LogP contribution in [-0.2, 0) is 6.54 Å². The number of anilines is 2. The Morgan fingerprint density at radius 2 is 1.68 bits per heavy atom. The lowest BCUT2D eigenvalue weighted by molar-refractivity contribution is 0.324. The van der Waals surface area contributed by atoms with Crippen LogP contribution in [0.2, 0.25) is 5.02 Å². The molecule has 1 saturated carbocycles. The first-order valence-electron chi connectivity index (χ1n) is 10.7. The molecule has 3 aromatic rings. The summed E-state index contributed by atoms with van der Waals surface area (Å²) in [7, 11) is 4.05. The molecule has 0 atom stereocenters. The molecule has 0 saturated heterocycles. The monoisotopic (exact) mass is 439 g/mol. The van der Waals surface area contributed by atoms with Crippen molar-refractivity contribution in [2.24, 2.45) is 5.92 Å². The summed E-state index contributed by atoms with van der Waals surface area (Å²) in [5, 5.41) is 9.10. The van der Waals surface area contributed by atoms with Gasteiger partial charge in [0, 0.05) is 37.1 Å². The average molecular weight is 440 g/mol. The maximum Gasteiger partial charge on any atom is 0.225 e. The van der Waals surface area contributed by atoms with E-state index in [0.717, 1.165) is 53.6 Å². The van der Waals surface area contributed by atoms with E-state index >= 15 is 0 Å². The van der Waals surface area contributed by atoms with Gasteiger partial charge in [-0.2, -0.15) is 4.98 Å². The van der Waals surface area contributed by atoms with Crippen LogP contribution in [0.3, 0.4) is 0 Å². The van der Waals surface area contributed by atoms with Crippen LogP contribution in [0, 0.1) is 5.92 Å². The van der Waals surface area contributed by atoms with E-state index in [1.54, 1.807) is 0 Å². The third kappa shape index (κ3) is 5.86. The molecule has 6 heteroatoms. The predicted molar refractivity (Wildman–Crippen MR) is 133 cm³/mol. The van der Waals surface area contributed by atoms with E-state index in [0.29, 0.717) is 12.0 Å². The maximum absolute atomic E-state index is 6.25. The number of benzene rings is 2. The summed E-state index contributed by atoms with van der Waals surface area (Å²) in [4.78, 5) is 11.6. The lowest BCUT2D eigenvalue weighted by Crippen LogP contribution is -2.31. The third-order valence-electron chi connectivity index (χ3n) is 5.89. The average Bonchev–Trinajstić information content (AvgIpc) is 2.75. The maximum atomic E-state index is 6.25. The largest absolute Gasteiger partial charge is 0.362 e. The minimum Gasteiger partial charge on any atom is -0.362 e. The molecule has 1 aliphatic carbocycles. The molecule has 31 heavy (non-hydrogen) atoms. The van der Waals surface area contributed by atoms with Gasteiger partial charge in [-0.3, -0.25) is 0 Å². The number of aromatic nitrogens is 2. The molecule has 2 N–H and O–H groups in total. The van der Waals surface area contributed by atoms with Gasteiger partial charge < -0.3 is 15.5 Å². The molecule has 5 nitrogen and oxygen atoms in total. The standard InChI is InChI=1S/C24H30ClN5.CH4/c1-30(2)23-20-8-4-6-10-22(20)28-24(29-23)27-19-13-11-17(12-14-19)15-26-16-18-7-3-5-9-21(18)25;/h3-10,17,19,26H,11-16H2,1-2H3,(H,27,28,29);1H4. The van der Waals surface area contributed by atoms with Gasteiger partial charge in [0.15, 0.2) is 0 Å². The van der Waals surface area contributed by atoms with E-state index in [9.17, 15) is 0 Å². The van der Waals surface area contributed by atoms with Crippen molar-refractivity contribution in [1.29, 1.82) is 0 Å². The molecule has 0 unspecified atom stereocenters. The van der Waals surface area contributed by atoms with Crippen LogP contribution in [0.4, 0.5) is 11.8 Å². The van der Waals surface area contributed by atoms with Gasteiger partial charge in [0.2, 0.25) is 5.95 Å². The number of hydrogen-bond acceptors (Lipinski definition) is 5. The van der Waals surface area contributed by atoms with Crippen molar-refractivity contribution < 1.29 is 0 Å². The molecule has 1 heterocycles. The first-order chi connectivity index (χ1) is 14.6. The van der Waals surface area contributed by atoms with Gasteiger partial charge in [-0.25, -0.2) is 4.98 Å². The van der Waals surface area contributed by atoms with E-state index in [2.05, 4.69) is 33.7 Å². The van der Waals surface area contributed by atoms with Crippen molar-refractivity contribution in [3.63, 3.8) is 0 Å². The highest BCUT2D eigenvalue weighted by atomic mass is 35.5. The minimum absolute atomic E-state index is 0. The Hall–Kier alpha value is -2.37. The Labute approximate surface area is 191 Å². The molecule has 166 valence electrons. The Kier molecular flexibility index (Phi) is 8.10. The van der Waals surface area contributed by atoms with Gasteiger partial charge in [0.1, 0.15) is 5.82 Å². The van der Waals surface area contributed by atoms with Crippen LogP contribution >= 0.6 is 11.6 Å². The van der Waals surface area contributed by atoms with Crippen molar-refractivity contribution in [2.45, 2.75) is 45.7 Å². The second kappa shape index (κ2) is 10.8. The molecule has 0 spiro atoms. The van der Waals surface area contributed by atoms with Gasteiger partial charge in [-0.1, -0.05) is 49.4 Å². The third-order valence-corrected chi connectivity index (χ3v) is 6.26. The van der Waals surface area contributed by atoms with E-state index < -0.39 is 0 Å². The summed E-state index contributed by atoms with van der Waals surface area (Å²) >= 11 is 6.25. The number of para-hydroxylation sites is 1. The smallest absolute Gasteiger partial charge is 0.225 e. The van der Waals surface area contributed by atoms with E-state index in [-0.39, 0.29) is 7.43 Å². The van der Waals surface area contributed by atoms with Crippen LogP contribution in [0.5, 0.6) is 0 Å². The zero-order chi connectivity index (χ0) is 20.9. The molecular formula is C25H34ClN5. The summed E-state index contributed by atoms with van der Waals surface area (Å²) < 4.78 is 0. The molecule has 0 aliphatic heterocycles. The van der Waals surface area contributed by atoms with Crippen molar-refractivity contribution in [1.82, 2.24) is 15.3 Å². The minimum atomic E-state index is 0. The fourth-order valence-electron chi connectivity index (χ4n) is 4.21. The molecule has 2 aromatic carbocycles. The summed E-state index contributed by atoms with van der Waals surface area (Å²) in [5.74, 6) is 2.40. The van der Waals surface area contributed by atoms with Gasteiger partial charge in [-0.15, -0.1) is 0 Å². The number of hydrogen-bond donors (Lipinski definition) is 2. The number of halogens is 1. The van der Waals surface area contributed by atoms with Gasteiger partial charge in [0.25, 0.3) is 0 Å². The molecule has 1 fully saturated rings. The van der Waals surface area contributed by atoms with Gasteiger partial charge >= 0.3 is 0 Å². The van der Waals surface area contributed by atoms with Crippen molar-refractivity contribution in [2.75, 3.05) is 30.9 Å². The molecule has 0 radical (unpaired) electrons. The Balaban J connectivity index is 0.00000272. The number of nitrogens with zero attached hydrogens (tertiary/aromatic N) is 3. The molecule has 0 amide bonds. The van der Waals surface area contributed by atoms with Crippen LogP contribution in [0.1, 0.15) is 38.7 Å². The fourth-order valence-corrected chi connectivity index (χ4v) is 4.41. The summed E-state index contributed by atoms with van der Waals surface area (Å²) in [6, 6.07) is 16.7. The van der Waals surface area contributed by atoms with Gasteiger partial charge in [0.05, 0.1) is 5.52 Å². The fraction of sp³-hybridized carbons (Fsp3) is 0.440. The zero-order valence-electron chi connectivity index (χ0n) is 17.7. The highest BCUT2D eigenvalue weighted by Gasteiger charge is 2.22. The lowest BCUT2D eigenvalue weighted by Gasteiger charge is -2.29. The second-order valence-corrected chi connectivity index (χ2v) is 8.77. The molecule has 1 aromatic heterocycles. The van der Waals surface area contributed by atoms with Crippen molar-refractivity contribution in [3.05, 3.63) is 59.1 Å². The second-order valence-electron chi connectivity index (χ2n) is 8.37. The zero-order valence-corrected chi connectivity index (χ0v) is 18.5. The Bertz CT molecular complexity index is 983. The van der Waals surface area contributed by atoms with Crippen LogP contribution in [0.15, 0.2) is 48.5 Å². The highest BCUT2D eigenvalue weighted by Crippen LogP contribution is 2.28. The molecule has 0 bridgehead atoms. The lowest BCUT2D eigenvalue weighted by atomic mass is 9.86. The Morgan fingerprint density at radius 1 is 0.968 bits per heavy atom. The molecule has 4 rings (SSSR count). The van der Waals surface area contributed by atoms with Crippen LogP contribution in [-0.4, -0.2) is 36.6 Å². The van der Waals surface area contributed by atoms with Gasteiger partial charge in [-0.05, 0) is 61.9 Å². The summed E-state index contributed by atoms with van der Waals surface area (Å²) in [5.41, 5.74) is 2.15. The van der Waals surface area contributed by atoms with E-state index in [1.165, 1.54) is 18.4 Å². The highest BCUT2D eigenvalue weighted by molar-refractivity contribution is 6.31. The first kappa shape index (κ1) is 23.3. The topological polar surface area (TPSA) is 53.1 Å². The SMILES string of the molecule is C.CN(C)c1nc(NC2CCC(CNCc3ccccc3Cl)CC2)nc2ccccc12. The van der Waals surface area contributed by atoms with Crippen molar-refractivity contribution >= 4 is 34.3 Å². The van der Waals surface area contributed by atoms with Crippen LogP contribution < -0.4 is 15.5 Å². The number of rotatable bonds is 7. The van der Waals surface area contributed by atoms with Crippen molar-refractivity contribution in [3.8, 4) is 0 Å². The van der Waals surface area contributed by atoms with Crippen LogP contribution in [0.25, 0.3) is 10.9 Å².